The molecule has 0 N–H and O–H groups in total. The second-order valence-corrected chi connectivity index (χ2v) is 13.8. The molecule has 1 saturated heterocycles. The minimum Gasteiger partial charge on any atom is -0.493 e. The average molecular weight is 514 g/mol. The molecule has 0 saturated carbocycles. The zero-order valence-electron chi connectivity index (χ0n) is 19.1. The maximum atomic E-state index is 12.4. The minimum absolute atomic E-state index is 0.0901. The van der Waals surface area contributed by atoms with Gasteiger partial charge in [0.2, 0.25) is 0 Å². The number of sulfone groups is 2. The summed E-state index contributed by atoms with van der Waals surface area (Å²) in [5, 5.41) is 0.765. The number of likely N-dealkylation sites (tertiary alicyclic amines) is 1. The van der Waals surface area contributed by atoms with Crippen LogP contribution in [-0.4, -0.2) is 65.7 Å². The fraction of sp³-hybridized carbons (Fsp3) is 0.500. The molecule has 0 unspecified atom stereocenters. The summed E-state index contributed by atoms with van der Waals surface area (Å²) in [4.78, 5) is 2.64. The predicted octanol–water partition coefficient (Wildman–Crippen LogP) is 3.74. The number of ether oxygens (including phenoxy) is 1. The van der Waals surface area contributed by atoms with Crippen LogP contribution in [-0.2, 0) is 26.1 Å². The maximum Gasteiger partial charge on any atom is 0.178 e. The lowest BCUT2D eigenvalue weighted by molar-refractivity contribution is 0.225. The van der Waals surface area contributed by atoms with Gasteiger partial charge in [0.25, 0.3) is 0 Å². The molecule has 0 radical (unpaired) electrons. The van der Waals surface area contributed by atoms with Gasteiger partial charge in [-0.3, -0.25) is 0 Å². The van der Waals surface area contributed by atoms with Crippen LogP contribution in [0.3, 0.4) is 0 Å². The van der Waals surface area contributed by atoms with Gasteiger partial charge in [0.1, 0.15) is 15.6 Å². The number of benzene rings is 2. The molecule has 0 spiro atoms. The lowest BCUT2D eigenvalue weighted by Gasteiger charge is -2.17. The molecular weight excluding hydrogens is 482 g/mol. The summed E-state index contributed by atoms with van der Waals surface area (Å²) < 4.78 is 53.2. The van der Waals surface area contributed by atoms with Gasteiger partial charge in [-0.25, -0.2) is 16.8 Å². The lowest BCUT2D eigenvalue weighted by atomic mass is 9.99. The quantitative estimate of drug-likeness (QED) is 0.455. The Kier molecular flexibility index (Phi) is 8.83. The second-order valence-electron chi connectivity index (χ2n) is 8.96. The topological polar surface area (TPSA) is 80.8 Å². The van der Waals surface area contributed by atoms with Gasteiger partial charge in [0.05, 0.1) is 23.0 Å². The second kappa shape index (κ2) is 11.2. The normalized spacial score (nSPS) is 19.6. The maximum absolute atomic E-state index is 12.4. The third-order valence-corrected chi connectivity index (χ3v) is 9.11. The van der Waals surface area contributed by atoms with Gasteiger partial charge >= 0.3 is 0 Å². The smallest absolute Gasteiger partial charge is 0.178 e. The van der Waals surface area contributed by atoms with Crippen molar-refractivity contribution in [3.05, 3.63) is 59.1 Å². The van der Waals surface area contributed by atoms with Crippen molar-refractivity contribution in [2.75, 3.05) is 44.0 Å². The summed E-state index contributed by atoms with van der Waals surface area (Å²) in [5.74, 6) is 1.23. The summed E-state index contributed by atoms with van der Waals surface area (Å²) in [5.41, 5.74) is 1.24. The highest BCUT2D eigenvalue weighted by Gasteiger charge is 2.29. The van der Waals surface area contributed by atoms with Gasteiger partial charge in [0.15, 0.2) is 9.84 Å². The number of hydrogen-bond donors (Lipinski definition) is 0. The highest BCUT2D eigenvalue weighted by molar-refractivity contribution is 7.92. The Bertz CT molecular complexity index is 1130. The van der Waals surface area contributed by atoms with Gasteiger partial charge in [-0.2, -0.15) is 0 Å². The molecular formula is C24H32ClNO5S2. The molecule has 1 aliphatic rings. The Balaban J connectivity index is 1.46. The molecule has 0 bridgehead atoms. The van der Waals surface area contributed by atoms with Gasteiger partial charge in [-0.05, 0) is 60.7 Å². The summed E-state index contributed by atoms with van der Waals surface area (Å²) in [6.07, 6.45) is 2.16. The Hall–Kier alpha value is -1.61. The first-order valence-electron chi connectivity index (χ1n) is 11.1. The summed E-state index contributed by atoms with van der Waals surface area (Å²) in [6.45, 7) is 5.79. The van der Waals surface area contributed by atoms with E-state index in [0.29, 0.717) is 24.2 Å². The highest BCUT2D eigenvalue weighted by atomic mass is 35.5. The van der Waals surface area contributed by atoms with E-state index in [2.05, 4.69) is 17.9 Å². The first-order chi connectivity index (χ1) is 15.5. The van der Waals surface area contributed by atoms with Crippen LogP contribution in [0.4, 0.5) is 0 Å². The standard InChI is InChI=1S/C24H32ClNO5S2/c1-19-16-26(12-11-20-5-3-6-22(25)15-20)17-21(19)18-31-23-7-9-24(10-8-23)33(29,30)14-4-13-32(2,27)28/h3,5-10,15,19,21H,4,11-14,16-18H2,1-2H3/t19-,21+/m1/s1. The van der Waals surface area contributed by atoms with Crippen molar-refractivity contribution in [1.82, 2.24) is 4.90 Å². The van der Waals surface area contributed by atoms with E-state index in [0.717, 1.165) is 37.3 Å². The molecule has 1 heterocycles. The van der Waals surface area contributed by atoms with E-state index < -0.39 is 19.7 Å². The van der Waals surface area contributed by atoms with E-state index in [9.17, 15) is 16.8 Å². The Morgan fingerprint density at radius 2 is 1.76 bits per heavy atom. The van der Waals surface area contributed by atoms with Gasteiger partial charge in [0, 0.05) is 36.8 Å². The Morgan fingerprint density at radius 3 is 2.42 bits per heavy atom. The molecule has 0 aliphatic carbocycles. The van der Waals surface area contributed by atoms with Crippen LogP contribution in [0.5, 0.6) is 5.75 Å². The molecule has 0 amide bonds. The van der Waals surface area contributed by atoms with Gasteiger partial charge in [-0.1, -0.05) is 30.7 Å². The van der Waals surface area contributed by atoms with E-state index in [1.807, 2.05) is 18.2 Å². The third kappa shape index (κ3) is 8.28. The van der Waals surface area contributed by atoms with Crippen molar-refractivity contribution in [2.45, 2.75) is 24.7 Å². The fourth-order valence-electron chi connectivity index (χ4n) is 4.10. The zero-order chi connectivity index (χ0) is 24.1. The predicted molar refractivity (Wildman–Crippen MR) is 133 cm³/mol. The molecule has 33 heavy (non-hydrogen) atoms. The van der Waals surface area contributed by atoms with E-state index in [1.54, 1.807) is 12.1 Å². The van der Waals surface area contributed by atoms with Crippen LogP contribution < -0.4 is 4.74 Å². The van der Waals surface area contributed by atoms with Crippen LogP contribution in [0.1, 0.15) is 18.9 Å². The van der Waals surface area contributed by atoms with Gasteiger partial charge in [-0.15, -0.1) is 0 Å². The minimum atomic E-state index is -3.51. The van der Waals surface area contributed by atoms with Crippen molar-refractivity contribution in [1.29, 1.82) is 0 Å². The number of halogens is 1. The van der Waals surface area contributed by atoms with E-state index >= 15 is 0 Å². The summed E-state index contributed by atoms with van der Waals surface area (Å²) in [6, 6.07) is 14.4. The molecule has 0 aromatic heterocycles. The van der Waals surface area contributed by atoms with Crippen LogP contribution in [0.25, 0.3) is 0 Å². The van der Waals surface area contributed by atoms with Crippen LogP contribution >= 0.6 is 11.6 Å². The van der Waals surface area contributed by atoms with Crippen molar-refractivity contribution in [2.24, 2.45) is 11.8 Å². The largest absolute Gasteiger partial charge is 0.493 e. The number of nitrogens with zero attached hydrogens (tertiary/aromatic N) is 1. The molecule has 2 atom stereocenters. The molecule has 182 valence electrons. The molecule has 6 nitrogen and oxygen atoms in total. The molecule has 3 rings (SSSR count). The monoisotopic (exact) mass is 513 g/mol. The number of rotatable bonds is 11. The van der Waals surface area contributed by atoms with Crippen LogP contribution in [0.2, 0.25) is 5.02 Å². The Labute approximate surface area is 202 Å². The Morgan fingerprint density at radius 1 is 1.03 bits per heavy atom. The van der Waals surface area contributed by atoms with Crippen LogP contribution in [0.15, 0.2) is 53.4 Å². The summed E-state index contributed by atoms with van der Waals surface area (Å²) in [7, 11) is -6.69. The SMILES string of the molecule is C[C@@H]1CN(CCc2cccc(Cl)c2)C[C@H]1COc1ccc(S(=O)(=O)CCCS(C)(=O)=O)cc1. The van der Waals surface area contributed by atoms with E-state index in [4.69, 9.17) is 16.3 Å². The molecule has 2 aromatic carbocycles. The molecule has 2 aromatic rings. The first kappa shape index (κ1) is 26.0. The molecule has 1 fully saturated rings. The highest BCUT2D eigenvalue weighted by Crippen LogP contribution is 2.25. The lowest BCUT2D eigenvalue weighted by Crippen LogP contribution is -2.24. The van der Waals surface area contributed by atoms with Crippen LogP contribution in [0, 0.1) is 11.8 Å². The van der Waals surface area contributed by atoms with E-state index in [1.165, 1.54) is 17.7 Å². The summed E-state index contributed by atoms with van der Waals surface area (Å²) >= 11 is 6.07. The fourth-order valence-corrected chi connectivity index (χ4v) is 6.47. The first-order valence-corrected chi connectivity index (χ1v) is 15.2. The third-order valence-electron chi connectivity index (χ3n) is 6.02. The van der Waals surface area contributed by atoms with Crippen molar-refractivity contribution < 1.29 is 21.6 Å². The number of hydrogen-bond acceptors (Lipinski definition) is 6. The zero-order valence-corrected chi connectivity index (χ0v) is 21.5. The average Bonchev–Trinajstić information content (AvgIpc) is 3.09. The van der Waals surface area contributed by atoms with Crippen molar-refractivity contribution in [3.63, 3.8) is 0 Å². The van der Waals surface area contributed by atoms with Gasteiger partial charge < -0.3 is 9.64 Å². The van der Waals surface area contributed by atoms with E-state index in [-0.39, 0.29) is 22.8 Å². The van der Waals surface area contributed by atoms with Crippen molar-refractivity contribution in [3.8, 4) is 5.75 Å². The molecule has 1 aliphatic heterocycles. The molecule has 9 heteroatoms. The van der Waals surface area contributed by atoms with Crippen molar-refractivity contribution >= 4 is 31.3 Å².